The van der Waals surface area contributed by atoms with Gasteiger partial charge in [0.25, 0.3) is 11.6 Å². The van der Waals surface area contributed by atoms with E-state index >= 15 is 0 Å². The number of hydrogen-bond acceptors (Lipinski definition) is 4. The van der Waals surface area contributed by atoms with Crippen LogP contribution in [0.5, 0.6) is 0 Å². The van der Waals surface area contributed by atoms with Gasteiger partial charge >= 0.3 is 0 Å². The number of benzene rings is 3. The van der Waals surface area contributed by atoms with E-state index in [0.717, 1.165) is 19.6 Å². The van der Waals surface area contributed by atoms with Crippen molar-refractivity contribution in [2.45, 2.75) is 6.54 Å². The zero-order valence-electron chi connectivity index (χ0n) is 15.5. The second kappa shape index (κ2) is 7.78. The second-order valence-electron chi connectivity index (χ2n) is 7.01. The van der Waals surface area contributed by atoms with E-state index in [1.165, 1.54) is 28.5 Å². The van der Waals surface area contributed by atoms with Crippen molar-refractivity contribution >= 4 is 22.4 Å². The Bertz CT molecular complexity index is 1020. The van der Waals surface area contributed by atoms with Crippen LogP contribution in [0.4, 0.5) is 5.69 Å². The number of fused-ring (bicyclic) bond motifs is 1. The second-order valence-corrected chi connectivity index (χ2v) is 7.01. The van der Waals surface area contributed by atoms with Crippen LogP contribution in [0.15, 0.2) is 66.7 Å². The SMILES string of the molecule is O=C(c1cccc([N+](=O)[O-])c1)N1CCN(Cc2cccc3ccccc23)CC1. The van der Waals surface area contributed by atoms with Gasteiger partial charge in [0.15, 0.2) is 0 Å². The molecule has 28 heavy (non-hydrogen) atoms. The van der Waals surface area contributed by atoms with E-state index in [1.807, 2.05) is 6.07 Å². The molecule has 1 heterocycles. The fourth-order valence-electron chi connectivity index (χ4n) is 3.72. The maximum absolute atomic E-state index is 12.7. The van der Waals surface area contributed by atoms with Gasteiger partial charge in [-0.05, 0) is 22.4 Å². The summed E-state index contributed by atoms with van der Waals surface area (Å²) in [4.78, 5) is 27.3. The third kappa shape index (κ3) is 3.73. The molecule has 1 fully saturated rings. The van der Waals surface area contributed by atoms with Crippen LogP contribution in [0, 0.1) is 10.1 Å². The number of non-ortho nitro benzene ring substituents is 1. The van der Waals surface area contributed by atoms with Gasteiger partial charge in [-0.1, -0.05) is 48.5 Å². The average Bonchev–Trinajstić information content (AvgIpc) is 2.74. The highest BCUT2D eigenvalue weighted by Crippen LogP contribution is 2.21. The van der Waals surface area contributed by atoms with Gasteiger partial charge in [0.2, 0.25) is 0 Å². The molecule has 0 unspecified atom stereocenters. The van der Waals surface area contributed by atoms with Crippen LogP contribution in [0.3, 0.4) is 0 Å². The number of piperazine rings is 1. The quantitative estimate of drug-likeness (QED) is 0.515. The predicted molar refractivity (Wildman–Crippen MR) is 108 cm³/mol. The van der Waals surface area contributed by atoms with Gasteiger partial charge in [-0.3, -0.25) is 19.8 Å². The average molecular weight is 375 g/mol. The van der Waals surface area contributed by atoms with Crippen molar-refractivity contribution in [3.63, 3.8) is 0 Å². The lowest BCUT2D eigenvalue weighted by Gasteiger charge is -2.35. The first kappa shape index (κ1) is 18.1. The molecule has 4 rings (SSSR count). The molecule has 142 valence electrons. The van der Waals surface area contributed by atoms with Crippen molar-refractivity contribution in [3.8, 4) is 0 Å². The number of carbonyl (C=O) groups is 1. The number of nitrogens with zero attached hydrogens (tertiary/aromatic N) is 3. The first-order valence-corrected chi connectivity index (χ1v) is 9.34. The Balaban J connectivity index is 1.41. The molecule has 0 aromatic heterocycles. The highest BCUT2D eigenvalue weighted by atomic mass is 16.6. The monoisotopic (exact) mass is 375 g/mol. The van der Waals surface area contributed by atoms with E-state index in [9.17, 15) is 14.9 Å². The Kier molecular flexibility index (Phi) is 5.04. The smallest absolute Gasteiger partial charge is 0.270 e. The molecular weight excluding hydrogens is 354 g/mol. The fourth-order valence-corrected chi connectivity index (χ4v) is 3.72. The van der Waals surface area contributed by atoms with Crippen LogP contribution in [-0.2, 0) is 6.54 Å². The lowest BCUT2D eigenvalue weighted by molar-refractivity contribution is -0.384. The zero-order chi connectivity index (χ0) is 19.5. The summed E-state index contributed by atoms with van der Waals surface area (Å²) in [5, 5.41) is 13.4. The molecule has 0 saturated carbocycles. The van der Waals surface area contributed by atoms with E-state index in [2.05, 4.69) is 41.3 Å². The molecule has 1 aliphatic heterocycles. The number of carbonyl (C=O) groups excluding carboxylic acids is 1. The molecule has 1 saturated heterocycles. The summed E-state index contributed by atoms with van der Waals surface area (Å²) in [5.74, 6) is -0.145. The zero-order valence-corrected chi connectivity index (χ0v) is 15.5. The molecule has 1 aliphatic rings. The summed E-state index contributed by atoms with van der Waals surface area (Å²) in [6.45, 7) is 3.65. The Morgan fingerprint density at radius 3 is 2.43 bits per heavy atom. The summed E-state index contributed by atoms with van der Waals surface area (Å²) in [5.41, 5.74) is 1.61. The van der Waals surface area contributed by atoms with Gasteiger partial charge in [-0.2, -0.15) is 0 Å². The minimum atomic E-state index is -0.473. The molecule has 0 aliphatic carbocycles. The molecule has 0 radical (unpaired) electrons. The number of nitro benzene ring substituents is 1. The van der Waals surface area contributed by atoms with E-state index in [4.69, 9.17) is 0 Å². The summed E-state index contributed by atoms with van der Waals surface area (Å²) in [7, 11) is 0. The molecule has 6 nitrogen and oxygen atoms in total. The summed E-state index contributed by atoms with van der Waals surface area (Å²) in [6.07, 6.45) is 0. The van der Waals surface area contributed by atoms with E-state index in [1.54, 1.807) is 17.0 Å². The molecule has 0 atom stereocenters. The summed E-state index contributed by atoms with van der Waals surface area (Å²) >= 11 is 0. The maximum atomic E-state index is 12.7. The Morgan fingerprint density at radius 1 is 0.929 bits per heavy atom. The summed E-state index contributed by atoms with van der Waals surface area (Å²) in [6, 6.07) is 20.7. The molecule has 0 bridgehead atoms. The van der Waals surface area contributed by atoms with Crippen LogP contribution in [0.2, 0.25) is 0 Å². The van der Waals surface area contributed by atoms with Gasteiger partial charge < -0.3 is 4.90 Å². The molecule has 0 N–H and O–H groups in total. The Labute approximate surface area is 163 Å². The van der Waals surface area contributed by atoms with Crippen molar-refractivity contribution < 1.29 is 9.72 Å². The highest BCUT2D eigenvalue weighted by molar-refractivity contribution is 5.95. The first-order valence-electron chi connectivity index (χ1n) is 9.34. The number of amides is 1. The Hall–Kier alpha value is -3.25. The third-order valence-electron chi connectivity index (χ3n) is 5.24. The van der Waals surface area contributed by atoms with Crippen molar-refractivity contribution in [2.75, 3.05) is 26.2 Å². The molecule has 0 spiro atoms. The van der Waals surface area contributed by atoms with Gasteiger partial charge in [-0.15, -0.1) is 0 Å². The minimum Gasteiger partial charge on any atom is -0.336 e. The fraction of sp³-hybridized carbons (Fsp3) is 0.227. The Morgan fingerprint density at radius 2 is 1.64 bits per heavy atom. The lowest BCUT2D eigenvalue weighted by Crippen LogP contribution is -2.48. The van der Waals surface area contributed by atoms with Crippen LogP contribution >= 0.6 is 0 Å². The molecular formula is C22H21N3O3. The standard InChI is InChI=1S/C22H21N3O3/c26-22(18-7-4-9-20(15-18)25(27)28)24-13-11-23(12-14-24)16-19-8-3-6-17-5-1-2-10-21(17)19/h1-10,15H,11-14,16H2. The maximum Gasteiger partial charge on any atom is 0.270 e. The topological polar surface area (TPSA) is 66.7 Å². The van der Waals surface area contributed by atoms with E-state index in [0.29, 0.717) is 18.7 Å². The number of hydrogen-bond donors (Lipinski definition) is 0. The largest absolute Gasteiger partial charge is 0.336 e. The van der Waals surface area contributed by atoms with Crippen LogP contribution in [0.25, 0.3) is 10.8 Å². The van der Waals surface area contributed by atoms with Crippen LogP contribution in [0.1, 0.15) is 15.9 Å². The van der Waals surface area contributed by atoms with Crippen molar-refractivity contribution in [3.05, 3.63) is 88.0 Å². The molecule has 6 heteroatoms. The van der Waals surface area contributed by atoms with Gasteiger partial charge in [0.1, 0.15) is 0 Å². The normalized spacial score (nSPS) is 14.9. The number of rotatable bonds is 4. The summed E-state index contributed by atoms with van der Waals surface area (Å²) < 4.78 is 0. The molecule has 1 amide bonds. The van der Waals surface area contributed by atoms with Gasteiger partial charge in [-0.25, -0.2) is 0 Å². The van der Waals surface area contributed by atoms with Crippen molar-refractivity contribution in [1.82, 2.24) is 9.80 Å². The molecule has 3 aromatic carbocycles. The van der Waals surface area contributed by atoms with Gasteiger partial charge in [0, 0.05) is 50.4 Å². The minimum absolute atomic E-state index is 0.0551. The van der Waals surface area contributed by atoms with Crippen molar-refractivity contribution in [1.29, 1.82) is 0 Å². The lowest BCUT2D eigenvalue weighted by atomic mass is 10.0. The predicted octanol–water partition coefficient (Wildman–Crippen LogP) is 3.71. The molecule has 3 aromatic rings. The van der Waals surface area contributed by atoms with E-state index < -0.39 is 4.92 Å². The van der Waals surface area contributed by atoms with E-state index in [-0.39, 0.29) is 11.6 Å². The first-order chi connectivity index (χ1) is 13.6. The van der Waals surface area contributed by atoms with Crippen molar-refractivity contribution in [2.24, 2.45) is 0 Å². The van der Waals surface area contributed by atoms with Crippen LogP contribution < -0.4 is 0 Å². The highest BCUT2D eigenvalue weighted by Gasteiger charge is 2.23. The van der Waals surface area contributed by atoms with Gasteiger partial charge in [0.05, 0.1) is 4.92 Å². The third-order valence-corrected chi connectivity index (χ3v) is 5.24. The number of nitro groups is 1. The van der Waals surface area contributed by atoms with Crippen LogP contribution in [-0.4, -0.2) is 46.8 Å².